The first-order chi connectivity index (χ1) is 10.5. The molecule has 5 nitrogen and oxygen atoms in total. The maximum atomic E-state index is 12.5. The second kappa shape index (κ2) is 7.77. The van der Waals surface area contributed by atoms with Crippen molar-refractivity contribution in [3.8, 4) is 0 Å². The molecule has 2 heterocycles. The van der Waals surface area contributed by atoms with Crippen LogP contribution in [0.25, 0.3) is 0 Å². The van der Waals surface area contributed by atoms with E-state index >= 15 is 0 Å². The number of nitrogens with zero attached hydrogens (tertiary/aromatic N) is 3. The summed E-state index contributed by atoms with van der Waals surface area (Å²) >= 11 is 0. The van der Waals surface area contributed by atoms with Crippen molar-refractivity contribution in [3.63, 3.8) is 0 Å². The molecule has 2 fully saturated rings. The number of fused-ring (bicyclic) bond motifs is 1. The maximum Gasteiger partial charge on any atom is 0.246 e. The topological polar surface area (TPSA) is 43.9 Å². The Morgan fingerprint density at radius 2 is 1.95 bits per heavy atom. The molecule has 0 aromatic heterocycles. The molecule has 0 saturated carbocycles. The van der Waals surface area contributed by atoms with E-state index in [1.807, 2.05) is 30.0 Å². The number of piperidine rings is 1. The third-order valence-electron chi connectivity index (χ3n) is 4.78. The van der Waals surface area contributed by atoms with Crippen molar-refractivity contribution in [1.29, 1.82) is 0 Å². The highest BCUT2D eigenvalue weighted by Crippen LogP contribution is 2.30. The summed E-state index contributed by atoms with van der Waals surface area (Å²) in [4.78, 5) is 30.2. The Labute approximate surface area is 133 Å². The second-order valence-electron chi connectivity index (χ2n) is 6.77. The number of carbonyl (C=O) groups excluding carboxylic acids is 2. The summed E-state index contributed by atoms with van der Waals surface area (Å²) in [5.74, 6) is 0.729. The summed E-state index contributed by atoms with van der Waals surface area (Å²) in [6.07, 6.45) is 7.92. The first-order valence-corrected chi connectivity index (χ1v) is 8.36. The number of carbonyl (C=O) groups is 2. The summed E-state index contributed by atoms with van der Waals surface area (Å²) in [5, 5.41) is 0. The average molecular weight is 307 g/mol. The number of hydrogen-bond acceptors (Lipinski definition) is 3. The molecule has 0 N–H and O–H groups in total. The Kier molecular flexibility index (Phi) is 6.00. The molecular weight excluding hydrogens is 278 g/mol. The molecule has 0 aromatic carbocycles. The van der Waals surface area contributed by atoms with Crippen LogP contribution in [0.2, 0.25) is 0 Å². The van der Waals surface area contributed by atoms with E-state index in [0.717, 1.165) is 51.9 Å². The zero-order valence-electron chi connectivity index (χ0n) is 14.1. The van der Waals surface area contributed by atoms with E-state index in [0.29, 0.717) is 12.0 Å². The monoisotopic (exact) mass is 307 g/mol. The maximum absolute atomic E-state index is 12.5. The van der Waals surface area contributed by atoms with E-state index in [-0.39, 0.29) is 11.8 Å². The van der Waals surface area contributed by atoms with Crippen LogP contribution in [0.4, 0.5) is 0 Å². The quantitative estimate of drug-likeness (QED) is 0.739. The van der Waals surface area contributed by atoms with Gasteiger partial charge in [-0.05, 0) is 39.3 Å². The Hall–Kier alpha value is -1.36. The lowest BCUT2D eigenvalue weighted by Crippen LogP contribution is -2.52. The molecule has 0 bridgehead atoms. The van der Waals surface area contributed by atoms with Crippen LogP contribution >= 0.6 is 0 Å². The fourth-order valence-electron chi connectivity index (χ4n) is 3.59. The summed E-state index contributed by atoms with van der Waals surface area (Å²) in [6, 6.07) is 0.301. The number of likely N-dealkylation sites (tertiary alicyclic amines) is 2. The Morgan fingerprint density at radius 3 is 2.64 bits per heavy atom. The number of hydrogen-bond donors (Lipinski definition) is 0. The molecule has 2 saturated heterocycles. The van der Waals surface area contributed by atoms with Gasteiger partial charge < -0.3 is 14.7 Å². The molecule has 0 unspecified atom stereocenters. The van der Waals surface area contributed by atoms with Gasteiger partial charge in [0.05, 0.1) is 0 Å². The van der Waals surface area contributed by atoms with Crippen LogP contribution in [0.1, 0.15) is 32.6 Å². The largest absolute Gasteiger partial charge is 0.343 e. The minimum Gasteiger partial charge on any atom is -0.343 e. The van der Waals surface area contributed by atoms with Crippen molar-refractivity contribution in [2.45, 2.75) is 38.6 Å². The van der Waals surface area contributed by atoms with Crippen LogP contribution in [-0.2, 0) is 9.59 Å². The predicted molar refractivity (Wildman–Crippen MR) is 87.4 cm³/mol. The van der Waals surface area contributed by atoms with Gasteiger partial charge in [0.2, 0.25) is 11.8 Å². The zero-order chi connectivity index (χ0) is 16.1. The SMILES string of the molecule is CC(=O)N1CC[C@@H]2[C@H](CCCCN2C(=O)/C=C/CN(C)C)C1. The van der Waals surface area contributed by atoms with Crippen LogP contribution < -0.4 is 0 Å². The Morgan fingerprint density at radius 1 is 1.18 bits per heavy atom. The minimum atomic E-state index is 0.134. The molecule has 5 heteroatoms. The smallest absolute Gasteiger partial charge is 0.246 e. The second-order valence-corrected chi connectivity index (χ2v) is 6.77. The summed E-state index contributed by atoms with van der Waals surface area (Å²) in [6.45, 7) is 4.87. The van der Waals surface area contributed by atoms with Crippen molar-refractivity contribution in [1.82, 2.24) is 14.7 Å². The van der Waals surface area contributed by atoms with Gasteiger partial charge in [0.25, 0.3) is 0 Å². The molecule has 2 aliphatic rings. The fraction of sp³-hybridized carbons (Fsp3) is 0.765. The molecule has 0 spiro atoms. The van der Waals surface area contributed by atoms with Crippen LogP contribution in [0.15, 0.2) is 12.2 Å². The molecule has 2 atom stereocenters. The predicted octanol–water partition coefficient (Wildman–Crippen LogP) is 1.35. The first kappa shape index (κ1) is 17.0. The van der Waals surface area contributed by atoms with E-state index in [1.54, 1.807) is 13.0 Å². The first-order valence-electron chi connectivity index (χ1n) is 8.36. The lowest BCUT2D eigenvalue weighted by molar-refractivity contribution is -0.134. The van der Waals surface area contributed by atoms with Crippen LogP contribution in [0.5, 0.6) is 0 Å². The van der Waals surface area contributed by atoms with Crippen molar-refractivity contribution in [2.75, 3.05) is 40.3 Å². The van der Waals surface area contributed by atoms with E-state index in [9.17, 15) is 9.59 Å². The van der Waals surface area contributed by atoms with Gasteiger partial charge in [-0.25, -0.2) is 0 Å². The van der Waals surface area contributed by atoms with Gasteiger partial charge in [-0.2, -0.15) is 0 Å². The molecule has 124 valence electrons. The molecule has 0 aromatic rings. The Balaban J connectivity index is 2.03. The number of rotatable bonds is 3. The fourth-order valence-corrected chi connectivity index (χ4v) is 3.59. The van der Waals surface area contributed by atoms with Gasteiger partial charge in [0.15, 0.2) is 0 Å². The van der Waals surface area contributed by atoms with E-state index in [4.69, 9.17) is 0 Å². The molecular formula is C17H29N3O2. The van der Waals surface area contributed by atoms with Crippen molar-refractivity contribution < 1.29 is 9.59 Å². The van der Waals surface area contributed by atoms with Crippen molar-refractivity contribution >= 4 is 11.8 Å². The Bertz CT molecular complexity index is 434. The van der Waals surface area contributed by atoms with Gasteiger partial charge in [-0.1, -0.05) is 12.5 Å². The van der Waals surface area contributed by atoms with Gasteiger partial charge in [0.1, 0.15) is 0 Å². The molecule has 22 heavy (non-hydrogen) atoms. The molecule has 2 aliphatic heterocycles. The molecule has 2 rings (SSSR count). The van der Waals surface area contributed by atoms with E-state index in [2.05, 4.69) is 4.90 Å². The normalized spacial score (nSPS) is 26.2. The number of amides is 2. The summed E-state index contributed by atoms with van der Waals surface area (Å²) in [7, 11) is 3.99. The highest BCUT2D eigenvalue weighted by Gasteiger charge is 2.36. The lowest BCUT2D eigenvalue weighted by Gasteiger charge is -2.42. The minimum absolute atomic E-state index is 0.134. The molecule has 2 amide bonds. The van der Waals surface area contributed by atoms with Gasteiger partial charge in [-0.15, -0.1) is 0 Å². The van der Waals surface area contributed by atoms with Crippen LogP contribution in [0, 0.1) is 5.92 Å². The standard InChI is InChI=1S/C17H29N3O2/c1-14(21)19-12-9-16-15(13-19)7-4-5-11-20(16)17(22)8-6-10-18(2)3/h6,8,15-16H,4-5,7,9-13H2,1-3H3/b8-6+/t15-,16-/m1/s1. The lowest BCUT2D eigenvalue weighted by atomic mass is 9.88. The van der Waals surface area contributed by atoms with Crippen LogP contribution in [-0.4, -0.2) is 72.8 Å². The number of likely N-dealkylation sites (N-methyl/N-ethyl adjacent to an activating group) is 1. The van der Waals surface area contributed by atoms with Gasteiger partial charge >= 0.3 is 0 Å². The van der Waals surface area contributed by atoms with Crippen LogP contribution in [0.3, 0.4) is 0 Å². The van der Waals surface area contributed by atoms with E-state index in [1.165, 1.54) is 0 Å². The third kappa shape index (κ3) is 4.32. The molecule has 0 radical (unpaired) electrons. The molecule has 0 aliphatic carbocycles. The summed E-state index contributed by atoms with van der Waals surface area (Å²) < 4.78 is 0. The van der Waals surface area contributed by atoms with Crippen molar-refractivity contribution in [2.24, 2.45) is 5.92 Å². The van der Waals surface area contributed by atoms with Gasteiger partial charge in [0, 0.05) is 45.2 Å². The van der Waals surface area contributed by atoms with Crippen molar-refractivity contribution in [3.05, 3.63) is 12.2 Å². The third-order valence-corrected chi connectivity index (χ3v) is 4.78. The van der Waals surface area contributed by atoms with E-state index < -0.39 is 0 Å². The highest BCUT2D eigenvalue weighted by molar-refractivity contribution is 5.88. The highest BCUT2D eigenvalue weighted by atomic mass is 16.2. The average Bonchev–Trinajstić information content (AvgIpc) is 2.68. The summed E-state index contributed by atoms with van der Waals surface area (Å²) in [5.41, 5.74) is 0. The zero-order valence-corrected chi connectivity index (χ0v) is 14.1. The van der Waals surface area contributed by atoms with Gasteiger partial charge in [-0.3, -0.25) is 9.59 Å².